The number of amides is 1. The molecule has 0 saturated carbocycles. The van der Waals surface area contributed by atoms with Gasteiger partial charge < -0.3 is 5.32 Å². The van der Waals surface area contributed by atoms with E-state index in [0.29, 0.717) is 5.69 Å². The Morgan fingerprint density at radius 1 is 1.18 bits per heavy atom. The zero-order chi connectivity index (χ0) is 21.1. The molecule has 0 aliphatic carbocycles. The fourth-order valence-corrected chi connectivity index (χ4v) is 4.28. The van der Waals surface area contributed by atoms with E-state index in [2.05, 4.69) is 5.32 Å². The third kappa shape index (κ3) is 5.07. The highest BCUT2D eigenvalue weighted by Gasteiger charge is 2.32. The molecule has 28 heavy (non-hydrogen) atoms. The van der Waals surface area contributed by atoms with Crippen LogP contribution in [0, 0.1) is 24.0 Å². The van der Waals surface area contributed by atoms with Crippen LogP contribution in [0.5, 0.6) is 0 Å². The lowest BCUT2D eigenvalue weighted by Gasteiger charge is -2.30. The van der Waals surface area contributed by atoms with Crippen molar-refractivity contribution in [3.63, 3.8) is 0 Å². The number of nitro benzene ring substituents is 1. The van der Waals surface area contributed by atoms with Crippen LogP contribution in [-0.2, 0) is 14.8 Å². The van der Waals surface area contributed by atoms with E-state index < -0.39 is 26.9 Å². The lowest BCUT2D eigenvalue weighted by Crippen LogP contribution is -2.47. The molecule has 2 rings (SSSR count). The van der Waals surface area contributed by atoms with Crippen LogP contribution in [0.15, 0.2) is 42.5 Å². The van der Waals surface area contributed by atoms with Crippen molar-refractivity contribution >= 4 is 33.0 Å². The van der Waals surface area contributed by atoms with Crippen LogP contribution in [0.4, 0.5) is 17.1 Å². The molecule has 1 N–H and O–H groups in total. The zero-order valence-electron chi connectivity index (χ0n) is 16.2. The summed E-state index contributed by atoms with van der Waals surface area (Å²) >= 11 is 0. The number of nitrogens with zero attached hydrogens (tertiary/aromatic N) is 2. The number of carbonyl (C=O) groups excluding carboxylic acids is 1. The van der Waals surface area contributed by atoms with Gasteiger partial charge >= 0.3 is 0 Å². The summed E-state index contributed by atoms with van der Waals surface area (Å²) in [6.07, 6.45) is 1.16. The summed E-state index contributed by atoms with van der Waals surface area (Å²) in [5.41, 5.74) is 2.30. The maximum atomic E-state index is 12.9. The number of benzene rings is 2. The summed E-state index contributed by atoms with van der Waals surface area (Å²) in [5.74, 6) is -0.510. The first-order chi connectivity index (χ1) is 13.0. The van der Waals surface area contributed by atoms with Crippen LogP contribution in [0.3, 0.4) is 0 Å². The monoisotopic (exact) mass is 405 g/mol. The summed E-state index contributed by atoms with van der Waals surface area (Å²) in [4.78, 5) is 23.3. The molecule has 150 valence electrons. The molecule has 1 atom stereocenters. The summed E-state index contributed by atoms with van der Waals surface area (Å²) in [7, 11) is -3.88. The van der Waals surface area contributed by atoms with Crippen LogP contribution in [-0.4, -0.2) is 31.5 Å². The van der Waals surface area contributed by atoms with Gasteiger partial charge in [-0.2, -0.15) is 0 Å². The molecule has 0 radical (unpaired) electrons. The van der Waals surface area contributed by atoms with Crippen molar-refractivity contribution in [2.45, 2.75) is 33.2 Å². The number of nitrogens with one attached hydrogen (secondary N) is 1. The van der Waals surface area contributed by atoms with Crippen LogP contribution in [0.25, 0.3) is 0 Å². The zero-order valence-corrected chi connectivity index (χ0v) is 17.0. The number of aryl methyl sites for hydroxylation is 2. The molecule has 1 amide bonds. The van der Waals surface area contributed by atoms with Gasteiger partial charge in [-0.25, -0.2) is 8.42 Å². The van der Waals surface area contributed by atoms with E-state index in [1.807, 2.05) is 19.9 Å². The smallest absolute Gasteiger partial charge is 0.271 e. The van der Waals surface area contributed by atoms with Gasteiger partial charge in [0.2, 0.25) is 15.9 Å². The molecule has 0 heterocycles. The Labute approximate surface area is 164 Å². The number of anilines is 2. The van der Waals surface area contributed by atoms with E-state index in [-0.39, 0.29) is 17.8 Å². The third-order valence-corrected chi connectivity index (χ3v) is 5.29. The van der Waals surface area contributed by atoms with E-state index in [1.54, 1.807) is 19.1 Å². The average molecular weight is 405 g/mol. The number of non-ortho nitro benzene ring substituents is 1. The minimum Gasteiger partial charge on any atom is -0.324 e. The van der Waals surface area contributed by atoms with E-state index in [4.69, 9.17) is 0 Å². The summed E-state index contributed by atoms with van der Waals surface area (Å²) in [6.45, 7) is 5.47. The molecule has 0 aliphatic rings. The number of hydrogen-bond donors (Lipinski definition) is 1. The Kier molecular flexibility index (Phi) is 6.40. The molecule has 0 spiro atoms. The molecule has 0 saturated heterocycles. The van der Waals surface area contributed by atoms with Gasteiger partial charge in [0.1, 0.15) is 6.04 Å². The highest BCUT2D eigenvalue weighted by molar-refractivity contribution is 7.92. The topological polar surface area (TPSA) is 110 Å². The SMILES string of the molecule is CC[C@H](C(=O)Nc1cc(C)cc(C)c1)N(c1cccc([N+](=O)[O-])c1)S(C)(=O)=O. The normalized spacial score (nSPS) is 12.3. The molecular weight excluding hydrogens is 382 g/mol. The molecule has 2 aromatic carbocycles. The molecule has 0 aliphatic heterocycles. The highest BCUT2D eigenvalue weighted by atomic mass is 32.2. The standard InChI is InChI=1S/C19H23N3O5S/c1-5-18(19(23)20-15-10-13(2)9-14(3)11-15)21(28(4,26)27)16-7-6-8-17(12-16)22(24)25/h6-12,18H,5H2,1-4H3,(H,20,23)/t18-/m1/s1. The van der Waals surface area contributed by atoms with Crippen molar-refractivity contribution < 1.29 is 18.1 Å². The molecule has 0 unspecified atom stereocenters. The largest absolute Gasteiger partial charge is 0.324 e. The minimum atomic E-state index is -3.88. The van der Waals surface area contributed by atoms with Crippen molar-refractivity contribution in [1.82, 2.24) is 0 Å². The van der Waals surface area contributed by atoms with Crippen molar-refractivity contribution in [2.24, 2.45) is 0 Å². The molecule has 0 fully saturated rings. The lowest BCUT2D eigenvalue weighted by molar-refractivity contribution is -0.384. The van der Waals surface area contributed by atoms with Gasteiger partial charge in [-0.15, -0.1) is 0 Å². The average Bonchev–Trinajstić information content (AvgIpc) is 2.57. The second kappa shape index (κ2) is 8.39. The number of rotatable bonds is 7. The van der Waals surface area contributed by atoms with Gasteiger partial charge in [0.15, 0.2) is 0 Å². The van der Waals surface area contributed by atoms with Crippen molar-refractivity contribution in [3.8, 4) is 0 Å². The second-order valence-corrected chi connectivity index (χ2v) is 8.48. The van der Waals surface area contributed by atoms with Crippen molar-refractivity contribution in [2.75, 3.05) is 15.9 Å². The minimum absolute atomic E-state index is 0.0686. The van der Waals surface area contributed by atoms with Crippen molar-refractivity contribution in [3.05, 3.63) is 63.7 Å². The number of carbonyl (C=O) groups is 1. The highest BCUT2D eigenvalue weighted by Crippen LogP contribution is 2.27. The van der Waals surface area contributed by atoms with Crippen LogP contribution >= 0.6 is 0 Å². The van der Waals surface area contributed by atoms with Crippen LogP contribution < -0.4 is 9.62 Å². The van der Waals surface area contributed by atoms with Gasteiger partial charge in [0, 0.05) is 17.8 Å². The molecule has 8 nitrogen and oxygen atoms in total. The first kappa shape index (κ1) is 21.4. The predicted molar refractivity (Wildman–Crippen MR) is 109 cm³/mol. The van der Waals surface area contributed by atoms with E-state index in [9.17, 15) is 23.3 Å². The summed E-state index contributed by atoms with van der Waals surface area (Å²) in [5, 5.41) is 13.8. The molecular formula is C19H23N3O5S. The maximum Gasteiger partial charge on any atom is 0.271 e. The summed E-state index contributed by atoms with van der Waals surface area (Å²) < 4.78 is 25.8. The summed E-state index contributed by atoms with van der Waals surface area (Å²) in [6, 6.07) is 9.71. The Morgan fingerprint density at radius 2 is 1.79 bits per heavy atom. The quantitative estimate of drug-likeness (QED) is 0.561. The Morgan fingerprint density at radius 3 is 2.29 bits per heavy atom. The second-order valence-electron chi connectivity index (χ2n) is 6.63. The van der Waals surface area contributed by atoms with Gasteiger partial charge in [-0.05, 0) is 49.6 Å². The maximum absolute atomic E-state index is 12.9. The van der Waals surface area contributed by atoms with Gasteiger partial charge in [0.05, 0.1) is 16.9 Å². The Hall–Kier alpha value is -2.94. The fourth-order valence-electron chi connectivity index (χ4n) is 3.08. The first-order valence-corrected chi connectivity index (χ1v) is 10.5. The number of nitro groups is 1. The number of sulfonamides is 1. The van der Waals surface area contributed by atoms with E-state index in [1.165, 1.54) is 18.2 Å². The molecule has 9 heteroatoms. The third-order valence-electron chi connectivity index (χ3n) is 4.11. The fraction of sp³-hybridized carbons (Fsp3) is 0.316. The van der Waals surface area contributed by atoms with Crippen molar-refractivity contribution in [1.29, 1.82) is 0 Å². The lowest BCUT2D eigenvalue weighted by atomic mass is 10.1. The van der Waals surface area contributed by atoms with Crippen LogP contribution in [0.2, 0.25) is 0 Å². The molecule has 0 bridgehead atoms. The predicted octanol–water partition coefficient (Wildman–Crippen LogP) is 3.39. The van der Waals surface area contributed by atoms with Gasteiger partial charge in [-0.3, -0.25) is 19.2 Å². The Balaban J connectivity index is 2.44. The van der Waals surface area contributed by atoms with E-state index >= 15 is 0 Å². The number of hydrogen-bond acceptors (Lipinski definition) is 5. The van der Waals surface area contributed by atoms with Gasteiger partial charge in [0.25, 0.3) is 5.69 Å². The van der Waals surface area contributed by atoms with E-state index in [0.717, 1.165) is 27.8 Å². The Bertz CT molecular complexity index is 984. The molecule has 2 aromatic rings. The molecule has 0 aromatic heterocycles. The first-order valence-electron chi connectivity index (χ1n) is 8.66. The van der Waals surface area contributed by atoms with Gasteiger partial charge in [-0.1, -0.05) is 19.1 Å². The van der Waals surface area contributed by atoms with Crippen LogP contribution in [0.1, 0.15) is 24.5 Å².